The van der Waals surface area contributed by atoms with Crippen LogP contribution in [0.1, 0.15) is 45.6 Å². The van der Waals surface area contributed by atoms with E-state index in [4.69, 9.17) is 9.47 Å². The van der Waals surface area contributed by atoms with E-state index in [-0.39, 0.29) is 0 Å². The summed E-state index contributed by atoms with van der Waals surface area (Å²) in [5, 5.41) is 3.52. The van der Waals surface area contributed by atoms with Crippen molar-refractivity contribution in [1.82, 2.24) is 5.32 Å². The molecule has 1 atom stereocenters. The number of rotatable bonds is 12. The molecule has 120 valence electrons. The van der Waals surface area contributed by atoms with E-state index in [9.17, 15) is 0 Å². The Morgan fingerprint density at radius 1 is 1.10 bits per heavy atom. The van der Waals surface area contributed by atoms with Gasteiger partial charge in [-0.3, -0.25) is 0 Å². The van der Waals surface area contributed by atoms with Gasteiger partial charge in [0.15, 0.2) is 0 Å². The second-order valence-electron chi connectivity index (χ2n) is 5.44. The molecule has 0 heterocycles. The summed E-state index contributed by atoms with van der Waals surface area (Å²) >= 11 is 0. The molecule has 0 aliphatic heterocycles. The average molecular weight is 293 g/mol. The van der Waals surface area contributed by atoms with Crippen molar-refractivity contribution in [3.8, 4) is 5.75 Å². The van der Waals surface area contributed by atoms with Crippen LogP contribution in [0.4, 0.5) is 0 Å². The quantitative estimate of drug-likeness (QED) is 0.594. The molecule has 0 aliphatic carbocycles. The highest BCUT2D eigenvalue weighted by Crippen LogP contribution is 2.14. The molecule has 1 N–H and O–H groups in total. The van der Waals surface area contributed by atoms with Gasteiger partial charge in [0.25, 0.3) is 0 Å². The molecule has 0 spiro atoms. The third kappa shape index (κ3) is 8.74. The first-order valence-electron chi connectivity index (χ1n) is 8.29. The fourth-order valence-corrected chi connectivity index (χ4v) is 2.12. The number of benzene rings is 1. The molecule has 0 saturated heterocycles. The molecule has 0 saturated carbocycles. The molecule has 0 aliphatic rings. The predicted octanol–water partition coefficient (Wildman–Crippen LogP) is 3.81. The Kier molecular flexibility index (Phi) is 9.92. The van der Waals surface area contributed by atoms with Crippen LogP contribution in [0.2, 0.25) is 0 Å². The summed E-state index contributed by atoms with van der Waals surface area (Å²) in [5.41, 5.74) is 1.38. The van der Waals surface area contributed by atoms with Crippen molar-refractivity contribution in [1.29, 1.82) is 0 Å². The van der Waals surface area contributed by atoms with Gasteiger partial charge in [0.1, 0.15) is 5.75 Å². The molecular weight excluding hydrogens is 262 g/mol. The number of ether oxygens (including phenoxy) is 2. The van der Waals surface area contributed by atoms with E-state index >= 15 is 0 Å². The lowest BCUT2D eigenvalue weighted by Gasteiger charge is -2.13. The number of hydrogen-bond donors (Lipinski definition) is 1. The Balaban J connectivity index is 2.20. The molecule has 0 aromatic heterocycles. The summed E-state index contributed by atoms with van der Waals surface area (Å²) in [6.45, 7) is 9.85. The van der Waals surface area contributed by atoms with Crippen LogP contribution in [-0.2, 0) is 11.2 Å². The van der Waals surface area contributed by atoms with Crippen molar-refractivity contribution < 1.29 is 9.47 Å². The maximum Gasteiger partial charge on any atom is 0.119 e. The third-order valence-corrected chi connectivity index (χ3v) is 3.44. The van der Waals surface area contributed by atoms with Gasteiger partial charge in [0, 0.05) is 25.7 Å². The standard InChI is InChI=1S/C18H31NO2/c1-4-13-19-16(3)7-8-17-9-11-18(12-10-17)21-15-6-14-20-5-2/h9-12,16,19H,4-8,13-15H2,1-3H3. The Morgan fingerprint density at radius 2 is 1.86 bits per heavy atom. The van der Waals surface area contributed by atoms with Crippen LogP contribution in [0.25, 0.3) is 0 Å². The molecule has 0 amide bonds. The zero-order chi connectivity index (χ0) is 15.3. The second-order valence-corrected chi connectivity index (χ2v) is 5.44. The van der Waals surface area contributed by atoms with Crippen molar-refractivity contribution in [2.24, 2.45) is 0 Å². The minimum absolute atomic E-state index is 0.583. The van der Waals surface area contributed by atoms with E-state index < -0.39 is 0 Å². The Bertz CT molecular complexity index is 351. The smallest absolute Gasteiger partial charge is 0.119 e. The average Bonchev–Trinajstić information content (AvgIpc) is 2.52. The van der Waals surface area contributed by atoms with Crippen LogP contribution in [0.5, 0.6) is 5.75 Å². The predicted molar refractivity (Wildman–Crippen MR) is 89.1 cm³/mol. The van der Waals surface area contributed by atoms with E-state index in [1.54, 1.807) is 0 Å². The molecule has 1 aromatic rings. The Labute approximate surface area is 130 Å². The number of nitrogens with one attached hydrogen (secondary N) is 1. The van der Waals surface area contributed by atoms with Gasteiger partial charge in [-0.1, -0.05) is 19.1 Å². The van der Waals surface area contributed by atoms with Gasteiger partial charge < -0.3 is 14.8 Å². The van der Waals surface area contributed by atoms with Crippen LogP contribution in [-0.4, -0.2) is 32.4 Å². The molecule has 1 rings (SSSR count). The zero-order valence-corrected chi connectivity index (χ0v) is 13.9. The summed E-state index contributed by atoms with van der Waals surface area (Å²) < 4.78 is 11.0. The minimum atomic E-state index is 0.583. The van der Waals surface area contributed by atoms with Crippen molar-refractivity contribution in [2.75, 3.05) is 26.4 Å². The van der Waals surface area contributed by atoms with Crippen LogP contribution in [0.3, 0.4) is 0 Å². The molecule has 3 nitrogen and oxygen atoms in total. The van der Waals surface area contributed by atoms with Crippen molar-refractivity contribution in [2.45, 2.75) is 52.5 Å². The van der Waals surface area contributed by atoms with Gasteiger partial charge in [0.2, 0.25) is 0 Å². The molecule has 1 aromatic carbocycles. The fraction of sp³-hybridized carbons (Fsp3) is 0.667. The fourth-order valence-electron chi connectivity index (χ4n) is 2.12. The first-order valence-corrected chi connectivity index (χ1v) is 8.29. The van der Waals surface area contributed by atoms with E-state index in [2.05, 4.69) is 43.4 Å². The van der Waals surface area contributed by atoms with Gasteiger partial charge in [0.05, 0.1) is 6.61 Å². The van der Waals surface area contributed by atoms with Gasteiger partial charge >= 0.3 is 0 Å². The van der Waals surface area contributed by atoms with Crippen molar-refractivity contribution in [3.63, 3.8) is 0 Å². The lowest BCUT2D eigenvalue weighted by molar-refractivity contribution is 0.131. The van der Waals surface area contributed by atoms with Crippen LogP contribution in [0.15, 0.2) is 24.3 Å². The molecule has 0 fully saturated rings. The number of aryl methyl sites for hydroxylation is 1. The van der Waals surface area contributed by atoms with Crippen molar-refractivity contribution in [3.05, 3.63) is 29.8 Å². The van der Waals surface area contributed by atoms with E-state index in [0.29, 0.717) is 6.04 Å². The Hall–Kier alpha value is -1.06. The maximum atomic E-state index is 5.69. The van der Waals surface area contributed by atoms with Gasteiger partial charge in [-0.25, -0.2) is 0 Å². The monoisotopic (exact) mass is 293 g/mol. The van der Waals surface area contributed by atoms with E-state index in [1.165, 1.54) is 18.4 Å². The second kappa shape index (κ2) is 11.6. The SMILES string of the molecule is CCCNC(C)CCc1ccc(OCCCOCC)cc1. The summed E-state index contributed by atoms with van der Waals surface area (Å²) in [7, 11) is 0. The lowest BCUT2D eigenvalue weighted by atomic mass is 10.1. The highest BCUT2D eigenvalue weighted by Gasteiger charge is 2.02. The molecule has 21 heavy (non-hydrogen) atoms. The highest BCUT2D eigenvalue weighted by atomic mass is 16.5. The zero-order valence-electron chi connectivity index (χ0n) is 13.9. The minimum Gasteiger partial charge on any atom is -0.494 e. The third-order valence-electron chi connectivity index (χ3n) is 3.44. The molecule has 0 radical (unpaired) electrons. The van der Waals surface area contributed by atoms with E-state index in [1.807, 2.05) is 6.92 Å². The largest absolute Gasteiger partial charge is 0.494 e. The molecule has 3 heteroatoms. The first kappa shape index (κ1) is 18.0. The van der Waals surface area contributed by atoms with Gasteiger partial charge in [-0.2, -0.15) is 0 Å². The first-order chi connectivity index (χ1) is 10.3. The van der Waals surface area contributed by atoms with Gasteiger partial charge in [-0.15, -0.1) is 0 Å². The van der Waals surface area contributed by atoms with Crippen LogP contribution < -0.4 is 10.1 Å². The highest BCUT2D eigenvalue weighted by molar-refractivity contribution is 5.27. The lowest BCUT2D eigenvalue weighted by Crippen LogP contribution is -2.27. The topological polar surface area (TPSA) is 30.5 Å². The normalized spacial score (nSPS) is 12.3. The number of hydrogen-bond acceptors (Lipinski definition) is 3. The summed E-state index contributed by atoms with van der Waals surface area (Å²) in [6.07, 6.45) is 4.42. The summed E-state index contributed by atoms with van der Waals surface area (Å²) in [6, 6.07) is 9.06. The maximum absolute atomic E-state index is 5.69. The van der Waals surface area contributed by atoms with Gasteiger partial charge in [-0.05, 0) is 57.4 Å². The molecule has 0 bridgehead atoms. The summed E-state index contributed by atoms with van der Waals surface area (Å²) in [5.74, 6) is 0.951. The molecule has 1 unspecified atom stereocenters. The van der Waals surface area contributed by atoms with Crippen LogP contribution in [0, 0.1) is 0 Å². The molecular formula is C18H31NO2. The van der Waals surface area contributed by atoms with E-state index in [0.717, 1.165) is 45.0 Å². The Morgan fingerprint density at radius 3 is 2.52 bits per heavy atom. The van der Waals surface area contributed by atoms with Crippen molar-refractivity contribution >= 4 is 0 Å². The van der Waals surface area contributed by atoms with Crippen LogP contribution >= 0.6 is 0 Å². The summed E-state index contributed by atoms with van der Waals surface area (Å²) in [4.78, 5) is 0.